The average Bonchev–Trinajstić information content (AvgIpc) is 2.48. The summed E-state index contributed by atoms with van der Waals surface area (Å²) in [5.41, 5.74) is 0.338. The highest BCUT2D eigenvalue weighted by Gasteiger charge is 2.27. The highest BCUT2D eigenvalue weighted by Crippen LogP contribution is 2.32. The Morgan fingerprint density at radius 3 is 2.85 bits per heavy atom. The largest absolute Gasteiger partial charge is 0.356 e. The molecule has 0 N–H and O–H groups in total. The molecule has 13 heavy (non-hydrogen) atoms. The van der Waals surface area contributed by atoms with Gasteiger partial charge >= 0.3 is 0 Å². The zero-order chi connectivity index (χ0) is 9.47. The van der Waals surface area contributed by atoms with E-state index < -0.39 is 5.92 Å². The lowest BCUT2D eigenvalue weighted by atomic mass is 10.1. The van der Waals surface area contributed by atoms with Crippen molar-refractivity contribution in [3.63, 3.8) is 0 Å². The van der Waals surface area contributed by atoms with E-state index in [4.69, 9.17) is 4.52 Å². The number of alkyl halides is 2. The van der Waals surface area contributed by atoms with Crippen LogP contribution in [0.25, 0.3) is 11.0 Å². The van der Waals surface area contributed by atoms with Crippen LogP contribution in [0, 0.1) is 0 Å². The highest BCUT2D eigenvalue weighted by molar-refractivity contribution is 5.80. The lowest BCUT2D eigenvalue weighted by Gasteiger charge is -2.10. The second kappa shape index (κ2) is 2.52. The molecule has 0 amide bonds. The summed E-state index contributed by atoms with van der Waals surface area (Å²) in [6.07, 6.45) is 1.31. The van der Waals surface area contributed by atoms with E-state index in [1.54, 1.807) is 6.07 Å². The minimum Gasteiger partial charge on any atom is -0.356 e. The molecule has 0 aliphatic heterocycles. The second-order valence-corrected chi connectivity index (χ2v) is 2.93. The minimum atomic E-state index is -2.86. The van der Waals surface area contributed by atoms with Crippen LogP contribution in [0.2, 0.25) is 0 Å². The van der Waals surface area contributed by atoms with E-state index in [0.29, 0.717) is 11.0 Å². The van der Waals surface area contributed by atoms with Crippen LogP contribution in [-0.2, 0) is 5.92 Å². The first-order valence-corrected chi connectivity index (χ1v) is 3.81. The van der Waals surface area contributed by atoms with Gasteiger partial charge in [0.15, 0.2) is 5.58 Å². The van der Waals surface area contributed by atoms with Gasteiger partial charge in [0.2, 0.25) is 0 Å². The zero-order valence-electron chi connectivity index (χ0n) is 6.92. The Bertz CT molecular complexity index is 430. The SMILES string of the molecule is CC(F)(F)c1cccc2oncc12. The molecule has 0 bridgehead atoms. The molecule has 1 aromatic heterocycles. The Morgan fingerprint density at radius 1 is 1.38 bits per heavy atom. The summed E-state index contributed by atoms with van der Waals surface area (Å²) in [6.45, 7) is 0.856. The maximum atomic E-state index is 13.0. The van der Waals surface area contributed by atoms with Gasteiger partial charge < -0.3 is 4.52 Å². The van der Waals surface area contributed by atoms with Crippen molar-refractivity contribution in [3.8, 4) is 0 Å². The molecular formula is C9H7F2NO. The van der Waals surface area contributed by atoms with Gasteiger partial charge in [0.1, 0.15) is 0 Å². The van der Waals surface area contributed by atoms with Crippen LogP contribution < -0.4 is 0 Å². The fraction of sp³-hybridized carbons (Fsp3) is 0.222. The van der Waals surface area contributed by atoms with Crippen molar-refractivity contribution < 1.29 is 13.3 Å². The predicted molar refractivity (Wildman–Crippen MR) is 43.6 cm³/mol. The third-order valence-electron chi connectivity index (χ3n) is 1.87. The maximum Gasteiger partial charge on any atom is 0.271 e. The number of hydrogen-bond donors (Lipinski definition) is 0. The number of nitrogens with zero attached hydrogens (tertiary/aromatic N) is 1. The van der Waals surface area contributed by atoms with Gasteiger partial charge in [0.25, 0.3) is 5.92 Å². The summed E-state index contributed by atoms with van der Waals surface area (Å²) in [6, 6.07) is 4.51. The highest BCUT2D eigenvalue weighted by atomic mass is 19.3. The van der Waals surface area contributed by atoms with Crippen LogP contribution >= 0.6 is 0 Å². The molecule has 2 nitrogen and oxygen atoms in total. The third-order valence-corrected chi connectivity index (χ3v) is 1.87. The van der Waals surface area contributed by atoms with Gasteiger partial charge in [0.05, 0.1) is 11.6 Å². The van der Waals surface area contributed by atoms with Gasteiger partial charge in [-0.2, -0.15) is 0 Å². The maximum absolute atomic E-state index is 13.0. The molecule has 68 valence electrons. The fourth-order valence-electron chi connectivity index (χ4n) is 1.28. The number of hydrogen-bond acceptors (Lipinski definition) is 2. The number of aromatic nitrogens is 1. The fourth-order valence-corrected chi connectivity index (χ4v) is 1.28. The number of fused-ring (bicyclic) bond motifs is 1. The van der Waals surface area contributed by atoms with Gasteiger partial charge in [0, 0.05) is 12.5 Å². The average molecular weight is 183 g/mol. The van der Waals surface area contributed by atoms with Gasteiger partial charge in [-0.15, -0.1) is 0 Å². The van der Waals surface area contributed by atoms with Crippen molar-refractivity contribution in [1.29, 1.82) is 0 Å². The normalized spacial score (nSPS) is 12.2. The molecule has 2 aromatic rings. The first kappa shape index (κ1) is 8.16. The number of halogens is 2. The van der Waals surface area contributed by atoms with Crippen molar-refractivity contribution in [1.82, 2.24) is 5.16 Å². The Hall–Kier alpha value is -1.45. The standard InChI is InChI=1S/C9H7F2NO/c1-9(10,11)7-3-2-4-8-6(7)5-12-13-8/h2-5H,1H3. The molecule has 0 fully saturated rings. The molecule has 4 heteroatoms. The molecule has 0 spiro atoms. The summed E-state index contributed by atoms with van der Waals surface area (Å²) in [7, 11) is 0. The quantitative estimate of drug-likeness (QED) is 0.679. The van der Waals surface area contributed by atoms with Crippen LogP contribution in [0.3, 0.4) is 0 Å². The van der Waals surface area contributed by atoms with Crippen LogP contribution in [0.4, 0.5) is 8.78 Å². The summed E-state index contributed by atoms with van der Waals surface area (Å²) >= 11 is 0. The Labute approximate surface area is 73.1 Å². The molecule has 0 atom stereocenters. The van der Waals surface area contributed by atoms with Crippen molar-refractivity contribution in [2.45, 2.75) is 12.8 Å². The molecule has 0 aliphatic rings. The molecule has 0 aliphatic carbocycles. The second-order valence-electron chi connectivity index (χ2n) is 2.93. The summed E-state index contributed by atoms with van der Waals surface area (Å²) in [4.78, 5) is 0. The number of rotatable bonds is 1. The molecule has 0 saturated carbocycles. The van der Waals surface area contributed by atoms with Crippen LogP contribution in [0.1, 0.15) is 12.5 Å². The molecule has 0 radical (unpaired) electrons. The van der Waals surface area contributed by atoms with E-state index in [9.17, 15) is 8.78 Å². The third kappa shape index (κ3) is 1.28. The molecule has 0 saturated heterocycles. The predicted octanol–water partition coefficient (Wildman–Crippen LogP) is 2.94. The van der Waals surface area contributed by atoms with Crippen LogP contribution in [0.5, 0.6) is 0 Å². The van der Waals surface area contributed by atoms with Gasteiger partial charge in [-0.3, -0.25) is 0 Å². The lowest BCUT2D eigenvalue weighted by molar-refractivity contribution is 0.0191. The van der Waals surface area contributed by atoms with Crippen LogP contribution in [-0.4, -0.2) is 5.16 Å². The van der Waals surface area contributed by atoms with Gasteiger partial charge in [-0.1, -0.05) is 17.3 Å². The van der Waals surface area contributed by atoms with Crippen molar-refractivity contribution >= 4 is 11.0 Å². The smallest absolute Gasteiger partial charge is 0.271 e. The molecule has 2 rings (SSSR count). The van der Waals surface area contributed by atoms with Crippen molar-refractivity contribution in [3.05, 3.63) is 30.0 Å². The van der Waals surface area contributed by atoms with E-state index >= 15 is 0 Å². The minimum absolute atomic E-state index is 0.0498. The molecular weight excluding hydrogens is 176 g/mol. The Balaban J connectivity index is 2.75. The summed E-state index contributed by atoms with van der Waals surface area (Å²) in [5.74, 6) is -2.86. The van der Waals surface area contributed by atoms with E-state index in [1.165, 1.54) is 18.3 Å². The monoisotopic (exact) mass is 183 g/mol. The van der Waals surface area contributed by atoms with E-state index in [1.807, 2.05) is 0 Å². The van der Waals surface area contributed by atoms with Gasteiger partial charge in [-0.05, 0) is 6.07 Å². The molecule has 1 heterocycles. The Morgan fingerprint density at radius 2 is 2.15 bits per heavy atom. The lowest BCUT2D eigenvalue weighted by Crippen LogP contribution is -2.06. The van der Waals surface area contributed by atoms with Crippen LogP contribution in [0.15, 0.2) is 28.9 Å². The zero-order valence-corrected chi connectivity index (χ0v) is 6.92. The van der Waals surface area contributed by atoms with Crippen molar-refractivity contribution in [2.75, 3.05) is 0 Å². The summed E-state index contributed by atoms with van der Waals surface area (Å²) in [5, 5.41) is 3.84. The topological polar surface area (TPSA) is 26.0 Å². The molecule has 0 unspecified atom stereocenters. The Kier molecular flexibility index (Phi) is 1.58. The van der Waals surface area contributed by atoms with Gasteiger partial charge in [-0.25, -0.2) is 8.78 Å². The first-order valence-electron chi connectivity index (χ1n) is 3.81. The van der Waals surface area contributed by atoms with E-state index in [-0.39, 0.29) is 5.56 Å². The first-order chi connectivity index (χ1) is 6.09. The van der Waals surface area contributed by atoms with E-state index in [0.717, 1.165) is 6.92 Å². The summed E-state index contributed by atoms with van der Waals surface area (Å²) < 4.78 is 30.8. The van der Waals surface area contributed by atoms with E-state index in [2.05, 4.69) is 5.16 Å². The number of benzene rings is 1. The van der Waals surface area contributed by atoms with Crippen molar-refractivity contribution in [2.24, 2.45) is 0 Å². The molecule has 1 aromatic carbocycles.